The molecule has 0 aliphatic carbocycles. The van der Waals surface area contributed by atoms with Gasteiger partial charge in [-0.1, -0.05) is 13.8 Å². The van der Waals surface area contributed by atoms with E-state index in [9.17, 15) is 9.90 Å². The first kappa shape index (κ1) is 14.1. The van der Waals surface area contributed by atoms with Crippen LogP contribution in [0.3, 0.4) is 0 Å². The summed E-state index contributed by atoms with van der Waals surface area (Å²) in [6.07, 6.45) is 2.62. The molecule has 1 N–H and O–H groups in total. The molecule has 1 fully saturated rings. The second-order valence-corrected chi connectivity index (χ2v) is 5.96. The van der Waals surface area contributed by atoms with Gasteiger partial charge in [0.25, 0.3) is 0 Å². The monoisotopic (exact) mass is 265 g/mol. The van der Waals surface area contributed by atoms with Gasteiger partial charge in [0.05, 0.1) is 11.6 Å². The van der Waals surface area contributed by atoms with Crippen molar-refractivity contribution in [2.45, 2.75) is 33.7 Å². The van der Waals surface area contributed by atoms with Crippen LogP contribution in [0, 0.1) is 18.3 Å². The molecule has 0 radical (unpaired) electrons. The van der Waals surface area contributed by atoms with E-state index in [4.69, 9.17) is 0 Å². The van der Waals surface area contributed by atoms with Crippen molar-refractivity contribution in [1.82, 2.24) is 14.7 Å². The Morgan fingerprint density at radius 3 is 2.68 bits per heavy atom. The molecule has 0 amide bonds. The average molecular weight is 265 g/mol. The molecule has 0 saturated carbocycles. The highest BCUT2D eigenvalue weighted by Gasteiger charge is 2.47. The van der Waals surface area contributed by atoms with Crippen molar-refractivity contribution in [3.05, 3.63) is 17.5 Å². The zero-order valence-corrected chi connectivity index (χ0v) is 12.2. The molecular weight excluding hydrogens is 242 g/mol. The minimum atomic E-state index is -0.659. The molecule has 0 bridgehead atoms. The van der Waals surface area contributed by atoms with E-state index in [1.165, 1.54) is 5.56 Å². The summed E-state index contributed by atoms with van der Waals surface area (Å²) in [5.74, 6) is -0.502. The number of hydrogen-bond acceptors (Lipinski definition) is 3. The molecule has 0 spiro atoms. The van der Waals surface area contributed by atoms with E-state index < -0.39 is 11.4 Å². The van der Waals surface area contributed by atoms with Gasteiger partial charge < -0.3 is 5.11 Å². The lowest BCUT2D eigenvalue weighted by Gasteiger charge is -2.28. The zero-order chi connectivity index (χ0) is 14.2. The summed E-state index contributed by atoms with van der Waals surface area (Å²) in [4.78, 5) is 13.8. The first-order valence-corrected chi connectivity index (χ1v) is 6.80. The first-order valence-electron chi connectivity index (χ1n) is 6.80. The van der Waals surface area contributed by atoms with E-state index in [0.717, 1.165) is 25.2 Å². The summed E-state index contributed by atoms with van der Waals surface area (Å²) in [7, 11) is 1.93. The summed E-state index contributed by atoms with van der Waals surface area (Å²) < 4.78 is 1.86. The summed E-state index contributed by atoms with van der Waals surface area (Å²) in [6.45, 7) is 8.33. The molecule has 19 heavy (non-hydrogen) atoms. The lowest BCUT2D eigenvalue weighted by Crippen LogP contribution is -2.39. The Balaban J connectivity index is 2.10. The van der Waals surface area contributed by atoms with Crippen LogP contribution < -0.4 is 0 Å². The molecule has 1 saturated heterocycles. The van der Waals surface area contributed by atoms with Gasteiger partial charge in [0.2, 0.25) is 0 Å². The molecule has 1 unspecified atom stereocenters. The van der Waals surface area contributed by atoms with Gasteiger partial charge in [-0.25, -0.2) is 0 Å². The maximum Gasteiger partial charge on any atom is 0.311 e. The van der Waals surface area contributed by atoms with Crippen molar-refractivity contribution in [3.8, 4) is 0 Å². The molecule has 0 aromatic carbocycles. The van der Waals surface area contributed by atoms with Crippen LogP contribution in [0.5, 0.6) is 0 Å². The van der Waals surface area contributed by atoms with Crippen LogP contribution in [0.2, 0.25) is 0 Å². The summed E-state index contributed by atoms with van der Waals surface area (Å²) in [5.41, 5.74) is 1.75. The highest BCUT2D eigenvalue weighted by atomic mass is 16.4. The van der Waals surface area contributed by atoms with Crippen LogP contribution in [0.25, 0.3) is 0 Å². The van der Waals surface area contributed by atoms with Crippen molar-refractivity contribution < 1.29 is 9.90 Å². The number of aryl methyl sites for hydroxylation is 1. The van der Waals surface area contributed by atoms with Crippen molar-refractivity contribution >= 4 is 5.97 Å². The topological polar surface area (TPSA) is 58.4 Å². The number of aliphatic carboxylic acids is 1. The number of hydrogen-bond donors (Lipinski definition) is 1. The maximum absolute atomic E-state index is 11.6. The van der Waals surface area contributed by atoms with Crippen LogP contribution in [-0.4, -0.2) is 38.8 Å². The molecule has 1 aromatic rings. The lowest BCUT2D eigenvalue weighted by molar-refractivity contribution is -0.151. The Morgan fingerprint density at radius 2 is 2.26 bits per heavy atom. The molecule has 2 rings (SSSR count). The molecule has 2 heterocycles. The molecule has 5 nitrogen and oxygen atoms in total. The van der Waals surface area contributed by atoms with Crippen molar-refractivity contribution in [1.29, 1.82) is 0 Å². The van der Waals surface area contributed by atoms with E-state index >= 15 is 0 Å². The van der Waals surface area contributed by atoms with Gasteiger partial charge in [-0.2, -0.15) is 5.10 Å². The highest BCUT2D eigenvalue weighted by Crippen LogP contribution is 2.38. The van der Waals surface area contributed by atoms with Gasteiger partial charge in [0.15, 0.2) is 0 Å². The first-order chi connectivity index (χ1) is 8.86. The number of aromatic nitrogens is 2. The standard InChI is InChI=1S/C14H23N3O2/c1-10(2)14(13(18)19)5-6-17(9-14)8-12-7-15-16(4)11(12)3/h7,10H,5-6,8-9H2,1-4H3,(H,18,19). The third-order valence-corrected chi connectivity index (χ3v) is 4.64. The normalized spacial score (nSPS) is 24.3. The largest absolute Gasteiger partial charge is 0.481 e. The van der Waals surface area contributed by atoms with Gasteiger partial charge in [-0.05, 0) is 25.8 Å². The van der Waals surface area contributed by atoms with Crippen molar-refractivity contribution in [3.63, 3.8) is 0 Å². The van der Waals surface area contributed by atoms with Gasteiger partial charge >= 0.3 is 5.97 Å². The number of nitrogens with zero attached hydrogens (tertiary/aromatic N) is 3. The Hall–Kier alpha value is -1.36. The Morgan fingerprint density at radius 1 is 1.58 bits per heavy atom. The Labute approximate surface area is 114 Å². The van der Waals surface area contributed by atoms with Gasteiger partial charge in [0, 0.05) is 31.4 Å². The molecule has 5 heteroatoms. The highest BCUT2D eigenvalue weighted by molar-refractivity contribution is 5.75. The second kappa shape index (κ2) is 4.96. The molecule has 1 aliphatic heterocycles. The van der Waals surface area contributed by atoms with Crippen LogP contribution in [-0.2, 0) is 18.4 Å². The van der Waals surface area contributed by atoms with Crippen LogP contribution >= 0.6 is 0 Å². The van der Waals surface area contributed by atoms with Crippen molar-refractivity contribution in [2.24, 2.45) is 18.4 Å². The predicted octanol–water partition coefficient (Wildman–Crippen LogP) is 1.66. The van der Waals surface area contributed by atoms with Gasteiger partial charge in [-0.3, -0.25) is 14.4 Å². The van der Waals surface area contributed by atoms with E-state index in [1.807, 2.05) is 38.7 Å². The fraction of sp³-hybridized carbons (Fsp3) is 0.714. The van der Waals surface area contributed by atoms with E-state index in [1.54, 1.807) is 0 Å². The van der Waals surface area contributed by atoms with E-state index in [2.05, 4.69) is 10.00 Å². The molecule has 1 aromatic heterocycles. The fourth-order valence-electron chi connectivity index (χ4n) is 2.88. The molecule has 1 aliphatic rings. The lowest BCUT2D eigenvalue weighted by atomic mass is 9.76. The van der Waals surface area contributed by atoms with Crippen LogP contribution in [0.4, 0.5) is 0 Å². The smallest absolute Gasteiger partial charge is 0.311 e. The zero-order valence-electron chi connectivity index (χ0n) is 12.2. The number of likely N-dealkylation sites (tertiary alicyclic amines) is 1. The molecule has 1 atom stereocenters. The van der Waals surface area contributed by atoms with Crippen LogP contribution in [0.1, 0.15) is 31.5 Å². The third-order valence-electron chi connectivity index (χ3n) is 4.64. The predicted molar refractivity (Wildman–Crippen MR) is 72.7 cm³/mol. The number of carbonyl (C=O) groups is 1. The summed E-state index contributed by atoms with van der Waals surface area (Å²) in [5, 5.41) is 13.8. The fourth-order valence-corrected chi connectivity index (χ4v) is 2.88. The van der Waals surface area contributed by atoms with Gasteiger partial charge in [0.1, 0.15) is 0 Å². The average Bonchev–Trinajstić information content (AvgIpc) is 2.89. The quantitative estimate of drug-likeness (QED) is 0.899. The maximum atomic E-state index is 11.6. The Bertz CT molecular complexity index is 481. The minimum absolute atomic E-state index is 0.157. The molecular formula is C14H23N3O2. The van der Waals surface area contributed by atoms with Crippen molar-refractivity contribution in [2.75, 3.05) is 13.1 Å². The number of rotatable bonds is 4. The Kier molecular flexibility index (Phi) is 3.67. The SMILES string of the molecule is Cc1c(CN2CCC(C(=O)O)(C(C)C)C2)cnn1C. The third kappa shape index (κ3) is 2.39. The van der Waals surface area contributed by atoms with Gasteiger partial charge in [-0.15, -0.1) is 0 Å². The van der Waals surface area contributed by atoms with Crippen LogP contribution in [0.15, 0.2) is 6.20 Å². The van der Waals surface area contributed by atoms with E-state index in [0.29, 0.717) is 6.54 Å². The minimum Gasteiger partial charge on any atom is -0.481 e. The second-order valence-electron chi connectivity index (χ2n) is 5.96. The number of carboxylic acid groups (broad SMARTS) is 1. The summed E-state index contributed by atoms with van der Waals surface area (Å²) in [6, 6.07) is 0. The summed E-state index contributed by atoms with van der Waals surface area (Å²) >= 11 is 0. The number of carboxylic acids is 1. The van der Waals surface area contributed by atoms with E-state index in [-0.39, 0.29) is 5.92 Å². The molecule has 106 valence electrons.